The van der Waals surface area contributed by atoms with E-state index in [1.165, 1.54) is 0 Å². The molecule has 1 amide bonds. The van der Waals surface area contributed by atoms with Crippen molar-refractivity contribution in [1.82, 2.24) is 14.8 Å². The van der Waals surface area contributed by atoms with Crippen molar-refractivity contribution in [1.29, 1.82) is 0 Å². The summed E-state index contributed by atoms with van der Waals surface area (Å²) in [7, 11) is 0. The van der Waals surface area contributed by atoms with Crippen molar-refractivity contribution in [3.63, 3.8) is 0 Å². The van der Waals surface area contributed by atoms with Crippen LogP contribution in [0.5, 0.6) is 11.5 Å². The van der Waals surface area contributed by atoms with Gasteiger partial charge < -0.3 is 24.7 Å². The molecule has 0 saturated carbocycles. The summed E-state index contributed by atoms with van der Waals surface area (Å²) in [5.41, 5.74) is 6.03. The lowest BCUT2D eigenvalue weighted by atomic mass is 10.2. The van der Waals surface area contributed by atoms with Gasteiger partial charge in [0, 0.05) is 12.7 Å². The lowest BCUT2D eigenvalue weighted by Crippen LogP contribution is -2.16. The van der Waals surface area contributed by atoms with Crippen LogP contribution >= 0.6 is 0 Å². The van der Waals surface area contributed by atoms with Gasteiger partial charge in [-0.3, -0.25) is 4.79 Å². The third kappa shape index (κ3) is 4.20. The van der Waals surface area contributed by atoms with E-state index in [0.717, 1.165) is 25.1 Å². The number of carbonyl (C=O) groups is 1. The minimum atomic E-state index is -0.485. The lowest BCUT2D eigenvalue weighted by Gasteiger charge is -2.19. The van der Waals surface area contributed by atoms with Crippen LogP contribution < -0.4 is 15.2 Å². The molecule has 2 N–H and O–H groups in total. The highest BCUT2D eigenvalue weighted by Gasteiger charge is 2.19. The Kier molecular flexibility index (Phi) is 5.21. The maximum Gasteiger partial charge on any atom is 0.225 e. The number of fused-ring (bicyclic) bond motifs is 1. The summed E-state index contributed by atoms with van der Waals surface area (Å²) < 4.78 is 24.2. The highest BCUT2D eigenvalue weighted by Crippen LogP contribution is 2.32. The standard InChI is InChI=1S/C18H22N4O5/c19-16(23)9-17-20-18(11-24-10-13-2-1-5-25-13)22(21-17)12-3-4-14-15(8-12)27-7-6-26-14/h3-4,8,13H,1-2,5-7,9-11H2,(H2,19,23)/t13-/m0/s1. The molecule has 4 rings (SSSR count). The second kappa shape index (κ2) is 7.93. The molecule has 1 fully saturated rings. The van der Waals surface area contributed by atoms with Crippen LogP contribution in [0.1, 0.15) is 24.5 Å². The fourth-order valence-electron chi connectivity index (χ4n) is 3.14. The number of hydrogen-bond donors (Lipinski definition) is 1. The van der Waals surface area contributed by atoms with Gasteiger partial charge in [0.1, 0.15) is 19.8 Å². The number of hydrogen-bond acceptors (Lipinski definition) is 7. The van der Waals surface area contributed by atoms with E-state index in [1.807, 2.05) is 18.2 Å². The maximum atomic E-state index is 11.3. The highest BCUT2D eigenvalue weighted by molar-refractivity contribution is 5.75. The molecule has 1 aromatic carbocycles. The minimum Gasteiger partial charge on any atom is -0.486 e. The van der Waals surface area contributed by atoms with E-state index >= 15 is 0 Å². The van der Waals surface area contributed by atoms with Crippen molar-refractivity contribution in [2.45, 2.75) is 32.0 Å². The summed E-state index contributed by atoms with van der Waals surface area (Å²) in [6.45, 7) is 2.56. The molecular weight excluding hydrogens is 352 g/mol. The van der Waals surface area contributed by atoms with Gasteiger partial charge in [0.05, 0.1) is 24.8 Å². The quantitative estimate of drug-likeness (QED) is 0.762. The number of nitrogens with zero attached hydrogens (tertiary/aromatic N) is 3. The smallest absolute Gasteiger partial charge is 0.225 e. The molecule has 27 heavy (non-hydrogen) atoms. The maximum absolute atomic E-state index is 11.3. The van der Waals surface area contributed by atoms with Crippen molar-refractivity contribution in [3.05, 3.63) is 29.8 Å². The molecule has 0 bridgehead atoms. The van der Waals surface area contributed by atoms with Crippen LogP contribution in [0.3, 0.4) is 0 Å². The first-order chi connectivity index (χ1) is 13.2. The fraction of sp³-hybridized carbons (Fsp3) is 0.500. The van der Waals surface area contributed by atoms with E-state index in [1.54, 1.807) is 4.68 Å². The van der Waals surface area contributed by atoms with Crippen LogP contribution in [0, 0.1) is 0 Å². The molecule has 0 spiro atoms. The topological polar surface area (TPSA) is 111 Å². The molecule has 2 aliphatic rings. The van der Waals surface area contributed by atoms with Crippen molar-refractivity contribution in [3.8, 4) is 17.2 Å². The summed E-state index contributed by atoms with van der Waals surface area (Å²) in [5, 5.41) is 4.42. The molecule has 3 heterocycles. The van der Waals surface area contributed by atoms with Gasteiger partial charge in [-0.15, -0.1) is 0 Å². The number of benzene rings is 1. The van der Waals surface area contributed by atoms with Crippen molar-refractivity contribution >= 4 is 5.91 Å². The largest absolute Gasteiger partial charge is 0.486 e. The Morgan fingerprint density at radius 2 is 2.11 bits per heavy atom. The Morgan fingerprint density at radius 3 is 2.89 bits per heavy atom. The average molecular weight is 374 g/mol. The number of aromatic nitrogens is 3. The molecule has 0 radical (unpaired) electrons. The Hall–Kier alpha value is -2.65. The summed E-state index contributed by atoms with van der Waals surface area (Å²) >= 11 is 0. The fourth-order valence-corrected chi connectivity index (χ4v) is 3.14. The van der Waals surface area contributed by atoms with Crippen LogP contribution in [-0.4, -0.2) is 53.2 Å². The molecule has 9 nitrogen and oxygen atoms in total. The first kappa shape index (κ1) is 17.7. The molecule has 0 unspecified atom stereocenters. The Morgan fingerprint density at radius 1 is 1.26 bits per heavy atom. The number of ether oxygens (including phenoxy) is 4. The third-order valence-corrected chi connectivity index (χ3v) is 4.38. The minimum absolute atomic E-state index is 0.0315. The Labute approximate surface area is 156 Å². The Bertz CT molecular complexity index is 816. The molecule has 9 heteroatoms. The summed E-state index contributed by atoms with van der Waals surface area (Å²) in [6, 6.07) is 5.52. The Balaban J connectivity index is 1.55. The van der Waals surface area contributed by atoms with Crippen LogP contribution in [0.15, 0.2) is 18.2 Å². The van der Waals surface area contributed by atoms with Crippen molar-refractivity contribution < 1.29 is 23.7 Å². The number of rotatable bonds is 7. The van der Waals surface area contributed by atoms with Gasteiger partial charge in [-0.2, -0.15) is 5.10 Å². The van der Waals surface area contributed by atoms with Crippen LogP contribution in [0.25, 0.3) is 5.69 Å². The molecule has 1 aromatic heterocycles. The molecular formula is C18H22N4O5. The summed E-state index contributed by atoms with van der Waals surface area (Å²) in [5.74, 6) is 1.80. The van der Waals surface area contributed by atoms with Crippen molar-refractivity contribution in [2.75, 3.05) is 26.4 Å². The summed E-state index contributed by atoms with van der Waals surface area (Å²) in [6.07, 6.45) is 2.16. The zero-order valence-electron chi connectivity index (χ0n) is 14.9. The zero-order chi connectivity index (χ0) is 18.6. The van der Waals surface area contributed by atoms with Crippen LogP contribution in [0.4, 0.5) is 0 Å². The normalized spacial score (nSPS) is 18.6. The number of primary amides is 1. The van der Waals surface area contributed by atoms with E-state index in [2.05, 4.69) is 10.1 Å². The molecule has 2 aromatic rings. The van der Waals surface area contributed by atoms with Crippen LogP contribution in [-0.2, 0) is 27.3 Å². The SMILES string of the molecule is NC(=O)Cc1nc(COC[C@@H]2CCCO2)n(-c2ccc3c(c2)OCCO3)n1. The molecule has 1 saturated heterocycles. The summed E-state index contributed by atoms with van der Waals surface area (Å²) in [4.78, 5) is 15.7. The number of nitrogens with two attached hydrogens (primary N) is 1. The molecule has 144 valence electrons. The molecule has 1 atom stereocenters. The van der Waals surface area contributed by atoms with Gasteiger partial charge in [-0.1, -0.05) is 0 Å². The van der Waals surface area contributed by atoms with Crippen LogP contribution in [0.2, 0.25) is 0 Å². The van der Waals surface area contributed by atoms with E-state index in [0.29, 0.717) is 43.0 Å². The first-order valence-electron chi connectivity index (χ1n) is 9.01. The van der Waals surface area contributed by atoms with Crippen molar-refractivity contribution in [2.24, 2.45) is 5.73 Å². The predicted molar refractivity (Wildman–Crippen MR) is 93.9 cm³/mol. The zero-order valence-corrected chi connectivity index (χ0v) is 14.9. The molecule has 2 aliphatic heterocycles. The van der Waals surface area contributed by atoms with Gasteiger partial charge in [-0.05, 0) is 25.0 Å². The van der Waals surface area contributed by atoms with Gasteiger partial charge in [-0.25, -0.2) is 9.67 Å². The van der Waals surface area contributed by atoms with E-state index in [9.17, 15) is 4.79 Å². The highest BCUT2D eigenvalue weighted by atomic mass is 16.6. The van der Waals surface area contributed by atoms with Gasteiger partial charge in [0.25, 0.3) is 0 Å². The number of amides is 1. The average Bonchev–Trinajstić information content (AvgIpc) is 3.31. The third-order valence-electron chi connectivity index (χ3n) is 4.38. The first-order valence-corrected chi connectivity index (χ1v) is 9.01. The number of carbonyl (C=O) groups excluding carboxylic acids is 1. The second-order valence-corrected chi connectivity index (χ2v) is 6.48. The van der Waals surface area contributed by atoms with Gasteiger partial charge in [0.15, 0.2) is 23.1 Å². The van der Waals surface area contributed by atoms with E-state index in [-0.39, 0.29) is 19.1 Å². The van der Waals surface area contributed by atoms with E-state index < -0.39 is 5.91 Å². The van der Waals surface area contributed by atoms with Gasteiger partial charge in [0.2, 0.25) is 5.91 Å². The van der Waals surface area contributed by atoms with Gasteiger partial charge >= 0.3 is 0 Å². The second-order valence-electron chi connectivity index (χ2n) is 6.48. The monoisotopic (exact) mass is 374 g/mol. The predicted octanol–water partition coefficient (Wildman–Crippen LogP) is 0.762. The molecule has 0 aliphatic carbocycles. The lowest BCUT2D eigenvalue weighted by molar-refractivity contribution is -0.117. The van der Waals surface area contributed by atoms with E-state index in [4.69, 9.17) is 24.7 Å².